The summed E-state index contributed by atoms with van der Waals surface area (Å²) in [5.74, 6) is 0.0894. The van der Waals surface area contributed by atoms with Gasteiger partial charge in [0, 0.05) is 26.6 Å². The molecule has 2 N–H and O–H groups in total. The van der Waals surface area contributed by atoms with E-state index in [2.05, 4.69) is 43.3 Å². The van der Waals surface area contributed by atoms with Crippen molar-refractivity contribution in [1.29, 1.82) is 0 Å². The van der Waals surface area contributed by atoms with Gasteiger partial charge < -0.3 is 10.6 Å². The Labute approximate surface area is 114 Å². The summed E-state index contributed by atoms with van der Waals surface area (Å²) >= 11 is 0. The normalized spacial score (nSPS) is 10.7. The average molecular weight is 256 g/mol. The molecule has 3 heteroatoms. The number of benzene rings is 2. The number of nitrogens with zero attached hydrogens (tertiary/aromatic N) is 1. The molecule has 0 radical (unpaired) electrons. The molecule has 0 bridgehead atoms. The van der Waals surface area contributed by atoms with Crippen LogP contribution in [0.1, 0.15) is 17.5 Å². The van der Waals surface area contributed by atoms with Gasteiger partial charge in [0.15, 0.2) is 0 Å². The van der Waals surface area contributed by atoms with Crippen LogP contribution in [0.4, 0.5) is 0 Å². The third-order valence-corrected chi connectivity index (χ3v) is 3.26. The van der Waals surface area contributed by atoms with Gasteiger partial charge in [0.2, 0.25) is 5.91 Å². The van der Waals surface area contributed by atoms with Gasteiger partial charge in [0.1, 0.15) is 0 Å². The summed E-state index contributed by atoms with van der Waals surface area (Å²) in [6.07, 6.45) is 0.406. The number of fused-ring (bicyclic) bond motifs is 1. The third kappa shape index (κ3) is 3.32. The molecule has 0 saturated heterocycles. The number of carbonyl (C=O) groups is 1. The molecular formula is C16H20N2O. The molecular weight excluding hydrogens is 236 g/mol. The van der Waals surface area contributed by atoms with Gasteiger partial charge in [0.05, 0.1) is 0 Å². The summed E-state index contributed by atoms with van der Waals surface area (Å²) in [5.41, 5.74) is 7.80. The Morgan fingerprint density at radius 2 is 1.84 bits per heavy atom. The Bertz CT molecular complexity index is 592. The lowest BCUT2D eigenvalue weighted by molar-refractivity contribution is -0.130. The molecule has 2 aromatic carbocycles. The van der Waals surface area contributed by atoms with E-state index in [-0.39, 0.29) is 5.91 Å². The van der Waals surface area contributed by atoms with Gasteiger partial charge in [-0.05, 0) is 29.3 Å². The number of rotatable bonds is 4. The number of amides is 1. The molecule has 1 amide bonds. The van der Waals surface area contributed by atoms with Crippen molar-refractivity contribution in [3.63, 3.8) is 0 Å². The molecule has 0 aliphatic heterocycles. The summed E-state index contributed by atoms with van der Waals surface area (Å²) in [6.45, 7) is 3.12. The molecule has 0 heterocycles. The second kappa shape index (κ2) is 5.85. The van der Waals surface area contributed by atoms with Crippen LogP contribution in [-0.2, 0) is 11.3 Å². The standard InChI is InChI=1S/C16H20N2O/c1-12-3-5-15-10-13(4-6-14(15)9-12)11-18(2)16(19)7-8-17/h3-6,9-10H,7-8,11,17H2,1-2H3. The highest BCUT2D eigenvalue weighted by Gasteiger charge is 2.08. The Hall–Kier alpha value is -1.87. The zero-order valence-corrected chi connectivity index (χ0v) is 11.5. The lowest BCUT2D eigenvalue weighted by Gasteiger charge is -2.17. The Morgan fingerprint density at radius 3 is 2.58 bits per heavy atom. The van der Waals surface area contributed by atoms with Crippen LogP contribution in [0.5, 0.6) is 0 Å². The van der Waals surface area contributed by atoms with Crippen LogP contribution in [0.2, 0.25) is 0 Å². The first kappa shape index (κ1) is 13.6. The fourth-order valence-corrected chi connectivity index (χ4v) is 2.19. The van der Waals surface area contributed by atoms with Gasteiger partial charge in [-0.2, -0.15) is 0 Å². The number of hydrogen-bond acceptors (Lipinski definition) is 2. The van der Waals surface area contributed by atoms with Crippen molar-refractivity contribution in [3.05, 3.63) is 47.5 Å². The predicted molar refractivity (Wildman–Crippen MR) is 78.8 cm³/mol. The van der Waals surface area contributed by atoms with E-state index in [1.807, 2.05) is 7.05 Å². The fourth-order valence-electron chi connectivity index (χ4n) is 2.19. The van der Waals surface area contributed by atoms with E-state index in [0.717, 1.165) is 5.56 Å². The van der Waals surface area contributed by atoms with E-state index in [4.69, 9.17) is 5.73 Å². The second-order valence-corrected chi connectivity index (χ2v) is 4.97. The minimum absolute atomic E-state index is 0.0894. The SMILES string of the molecule is Cc1ccc2cc(CN(C)C(=O)CCN)ccc2c1. The number of hydrogen-bond donors (Lipinski definition) is 1. The first-order valence-electron chi connectivity index (χ1n) is 6.53. The monoisotopic (exact) mass is 256 g/mol. The Kier molecular flexibility index (Phi) is 4.17. The van der Waals surface area contributed by atoms with Gasteiger partial charge >= 0.3 is 0 Å². The van der Waals surface area contributed by atoms with E-state index in [1.165, 1.54) is 16.3 Å². The van der Waals surface area contributed by atoms with E-state index < -0.39 is 0 Å². The number of aryl methyl sites for hydroxylation is 1. The molecule has 0 spiro atoms. The van der Waals surface area contributed by atoms with Crippen LogP contribution in [-0.4, -0.2) is 24.4 Å². The second-order valence-electron chi connectivity index (χ2n) is 4.97. The molecule has 0 aliphatic carbocycles. The van der Waals surface area contributed by atoms with Gasteiger partial charge in [-0.3, -0.25) is 4.79 Å². The summed E-state index contributed by atoms with van der Waals surface area (Å²) < 4.78 is 0. The van der Waals surface area contributed by atoms with Crippen LogP contribution in [0, 0.1) is 6.92 Å². The quantitative estimate of drug-likeness (QED) is 0.913. The van der Waals surface area contributed by atoms with E-state index in [0.29, 0.717) is 19.5 Å². The molecule has 0 aliphatic rings. The Morgan fingerprint density at radius 1 is 1.16 bits per heavy atom. The van der Waals surface area contributed by atoms with Gasteiger partial charge in [-0.25, -0.2) is 0 Å². The summed E-state index contributed by atoms with van der Waals surface area (Å²) in [6, 6.07) is 12.7. The maximum atomic E-state index is 11.7. The number of nitrogens with two attached hydrogens (primary N) is 1. The molecule has 0 aromatic heterocycles. The summed E-state index contributed by atoms with van der Waals surface area (Å²) in [7, 11) is 1.82. The highest BCUT2D eigenvalue weighted by molar-refractivity contribution is 5.84. The van der Waals surface area contributed by atoms with Crippen LogP contribution < -0.4 is 5.73 Å². The van der Waals surface area contributed by atoms with Gasteiger partial charge in [-0.15, -0.1) is 0 Å². The van der Waals surface area contributed by atoms with E-state index in [9.17, 15) is 4.79 Å². The highest BCUT2D eigenvalue weighted by atomic mass is 16.2. The minimum Gasteiger partial charge on any atom is -0.341 e. The molecule has 19 heavy (non-hydrogen) atoms. The molecule has 3 nitrogen and oxygen atoms in total. The minimum atomic E-state index is 0.0894. The highest BCUT2D eigenvalue weighted by Crippen LogP contribution is 2.18. The maximum Gasteiger partial charge on any atom is 0.223 e. The van der Waals surface area contributed by atoms with Crippen LogP contribution >= 0.6 is 0 Å². The summed E-state index contributed by atoms with van der Waals surface area (Å²) in [5, 5.41) is 2.45. The van der Waals surface area contributed by atoms with Crippen LogP contribution in [0.15, 0.2) is 36.4 Å². The van der Waals surface area contributed by atoms with Crippen molar-refractivity contribution in [1.82, 2.24) is 4.90 Å². The van der Waals surface area contributed by atoms with Gasteiger partial charge in [0.25, 0.3) is 0 Å². The molecule has 0 atom stereocenters. The Balaban J connectivity index is 2.17. The lowest BCUT2D eigenvalue weighted by atomic mass is 10.0. The molecule has 0 fully saturated rings. The smallest absolute Gasteiger partial charge is 0.223 e. The molecule has 0 unspecified atom stereocenters. The predicted octanol–water partition coefficient (Wildman–Crippen LogP) is 2.46. The largest absolute Gasteiger partial charge is 0.341 e. The van der Waals surface area contributed by atoms with Crippen LogP contribution in [0.3, 0.4) is 0 Å². The van der Waals surface area contributed by atoms with Crippen LogP contribution in [0.25, 0.3) is 10.8 Å². The first-order valence-corrected chi connectivity index (χ1v) is 6.53. The fraction of sp³-hybridized carbons (Fsp3) is 0.312. The topological polar surface area (TPSA) is 46.3 Å². The van der Waals surface area contributed by atoms with Crippen molar-refractivity contribution in [2.24, 2.45) is 5.73 Å². The van der Waals surface area contributed by atoms with Crippen molar-refractivity contribution in [2.45, 2.75) is 19.9 Å². The van der Waals surface area contributed by atoms with Crippen molar-refractivity contribution < 1.29 is 4.79 Å². The molecule has 2 rings (SSSR count). The zero-order chi connectivity index (χ0) is 13.8. The van der Waals surface area contributed by atoms with Crippen molar-refractivity contribution >= 4 is 16.7 Å². The molecule has 100 valence electrons. The summed E-state index contributed by atoms with van der Waals surface area (Å²) in [4.78, 5) is 13.4. The van der Waals surface area contributed by atoms with Crippen molar-refractivity contribution in [2.75, 3.05) is 13.6 Å². The van der Waals surface area contributed by atoms with Crippen molar-refractivity contribution in [3.8, 4) is 0 Å². The molecule has 0 saturated carbocycles. The third-order valence-electron chi connectivity index (χ3n) is 3.26. The lowest BCUT2D eigenvalue weighted by Crippen LogP contribution is -2.27. The average Bonchev–Trinajstić information content (AvgIpc) is 2.39. The molecule has 2 aromatic rings. The van der Waals surface area contributed by atoms with E-state index in [1.54, 1.807) is 4.90 Å². The first-order chi connectivity index (χ1) is 9.10. The maximum absolute atomic E-state index is 11.7. The van der Waals surface area contributed by atoms with Gasteiger partial charge in [-0.1, -0.05) is 35.9 Å². The van der Waals surface area contributed by atoms with E-state index >= 15 is 0 Å². The zero-order valence-electron chi connectivity index (χ0n) is 11.5. The number of carbonyl (C=O) groups excluding carboxylic acids is 1.